The second-order valence-corrected chi connectivity index (χ2v) is 13.3. The van der Waals surface area contributed by atoms with Gasteiger partial charge in [-0.3, -0.25) is 0 Å². The van der Waals surface area contributed by atoms with Gasteiger partial charge in [0.25, 0.3) is 0 Å². The van der Waals surface area contributed by atoms with Crippen LogP contribution in [-0.2, 0) is 0 Å². The third-order valence-corrected chi connectivity index (χ3v) is 11.0. The fraction of sp³-hybridized carbons (Fsp3) is 0. The van der Waals surface area contributed by atoms with Gasteiger partial charge in [-0.25, -0.2) is 0 Å². The summed E-state index contributed by atoms with van der Waals surface area (Å²) in [5.41, 5.74) is 10.8. The zero-order valence-electron chi connectivity index (χ0n) is 24.7. The van der Waals surface area contributed by atoms with Crippen LogP contribution >= 0.6 is 11.3 Å². The Bertz CT molecular complexity index is 2980. The standard InChI is InChI=1S/C42H25N3S/c1-2-10-26(11-3-1)43(27-19-23-40-34(24-27)31-14-6-9-17-39(31)46-40)28-18-22-37-38(25-28)45-36-16-8-5-13-30(36)33-21-20-32-29-12-4-7-15-35(29)44(37)41(32)42(33)45/h1-25H. The molecule has 11 aromatic rings. The average molecular weight is 604 g/mol. The van der Waals surface area contributed by atoms with Crippen molar-refractivity contribution in [2.75, 3.05) is 4.90 Å². The summed E-state index contributed by atoms with van der Waals surface area (Å²) in [5, 5.41) is 7.76. The van der Waals surface area contributed by atoms with E-state index >= 15 is 0 Å². The zero-order chi connectivity index (χ0) is 29.9. The van der Waals surface area contributed by atoms with Gasteiger partial charge < -0.3 is 13.7 Å². The van der Waals surface area contributed by atoms with Gasteiger partial charge in [0, 0.05) is 58.8 Å². The average Bonchev–Trinajstić information content (AvgIpc) is 3.77. The Labute approximate surface area is 267 Å². The predicted molar refractivity (Wildman–Crippen MR) is 197 cm³/mol. The molecule has 11 rings (SSSR count). The van der Waals surface area contributed by atoms with Gasteiger partial charge >= 0.3 is 0 Å². The molecular formula is C42H25N3S. The number of para-hydroxylation sites is 3. The summed E-state index contributed by atoms with van der Waals surface area (Å²) in [4.78, 5) is 2.40. The minimum absolute atomic E-state index is 1.13. The first kappa shape index (κ1) is 24.5. The molecule has 0 aliphatic heterocycles. The molecule has 0 fully saturated rings. The number of rotatable bonds is 3. The molecular weight excluding hydrogens is 579 g/mol. The molecule has 0 atom stereocenters. The van der Waals surface area contributed by atoms with Crippen LogP contribution in [0.2, 0.25) is 0 Å². The van der Waals surface area contributed by atoms with Crippen LogP contribution in [0.5, 0.6) is 0 Å². The number of hydrogen-bond donors (Lipinski definition) is 0. The number of hydrogen-bond acceptors (Lipinski definition) is 2. The van der Waals surface area contributed by atoms with E-state index in [0.717, 1.165) is 17.1 Å². The second-order valence-electron chi connectivity index (χ2n) is 12.2. The van der Waals surface area contributed by atoms with Crippen molar-refractivity contribution >= 4 is 103 Å². The maximum Gasteiger partial charge on any atom is 0.0789 e. The molecule has 0 saturated heterocycles. The van der Waals surface area contributed by atoms with Gasteiger partial charge in [0.15, 0.2) is 0 Å². The molecule has 214 valence electrons. The highest BCUT2D eigenvalue weighted by atomic mass is 32.1. The molecule has 4 heteroatoms. The summed E-state index contributed by atoms with van der Waals surface area (Å²) in [6.07, 6.45) is 0. The Morgan fingerprint density at radius 2 is 0.913 bits per heavy atom. The molecule has 0 radical (unpaired) electrons. The smallest absolute Gasteiger partial charge is 0.0789 e. The molecule has 0 bridgehead atoms. The number of fused-ring (bicyclic) bond motifs is 12. The van der Waals surface area contributed by atoms with Crippen LogP contribution in [0.3, 0.4) is 0 Å². The highest BCUT2D eigenvalue weighted by Gasteiger charge is 2.23. The van der Waals surface area contributed by atoms with Gasteiger partial charge in [-0.15, -0.1) is 11.3 Å². The van der Waals surface area contributed by atoms with Gasteiger partial charge in [0.2, 0.25) is 0 Å². The van der Waals surface area contributed by atoms with Gasteiger partial charge in [0.05, 0.1) is 33.1 Å². The topological polar surface area (TPSA) is 12.1 Å². The van der Waals surface area contributed by atoms with E-state index in [9.17, 15) is 0 Å². The van der Waals surface area contributed by atoms with Crippen molar-refractivity contribution in [3.8, 4) is 0 Å². The van der Waals surface area contributed by atoms with Crippen LogP contribution in [0.15, 0.2) is 152 Å². The van der Waals surface area contributed by atoms with Gasteiger partial charge in [0.1, 0.15) is 0 Å². The number of aromatic nitrogens is 2. The van der Waals surface area contributed by atoms with Crippen molar-refractivity contribution in [2.45, 2.75) is 0 Å². The monoisotopic (exact) mass is 603 g/mol. The number of nitrogens with zero attached hydrogens (tertiary/aromatic N) is 3. The highest BCUT2D eigenvalue weighted by Crippen LogP contribution is 2.45. The molecule has 7 aromatic carbocycles. The van der Waals surface area contributed by atoms with Crippen molar-refractivity contribution in [3.63, 3.8) is 0 Å². The maximum atomic E-state index is 2.50. The summed E-state index contributed by atoms with van der Waals surface area (Å²) in [5.74, 6) is 0. The lowest BCUT2D eigenvalue weighted by Gasteiger charge is -2.26. The Kier molecular flexibility index (Phi) is 4.72. The molecule has 4 heterocycles. The lowest BCUT2D eigenvalue weighted by Crippen LogP contribution is -2.10. The summed E-state index contributed by atoms with van der Waals surface area (Å²) in [6.45, 7) is 0. The summed E-state index contributed by atoms with van der Waals surface area (Å²) in [6, 6.07) is 55.7. The van der Waals surface area contributed by atoms with E-state index < -0.39 is 0 Å². The van der Waals surface area contributed by atoms with E-state index in [4.69, 9.17) is 0 Å². The zero-order valence-corrected chi connectivity index (χ0v) is 25.5. The molecule has 0 aliphatic rings. The Morgan fingerprint density at radius 3 is 1.65 bits per heavy atom. The van der Waals surface area contributed by atoms with Crippen LogP contribution in [0.4, 0.5) is 17.1 Å². The van der Waals surface area contributed by atoms with Gasteiger partial charge in [-0.1, -0.05) is 84.9 Å². The van der Waals surface area contributed by atoms with E-state index in [1.165, 1.54) is 74.8 Å². The molecule has 0 aliphatic carbocycles. The Balaban J connectivity index is 1.28. The van der Waals surface area contributed by atoms with Crippen LogP contribution in [0.1, 0.15) is 0 Å². The van der Waals surface area contributed by atoms with Crippen molar-refractivity contribution in [3.05, 3.63) is 152 Å². The van der Waals surface area contributed by atoms with Crippen LogP contribution < -0.4 is 4.90 Å². The molecule has 3 nitrogen and oxygen atoms in total. The van der Waals surface area contributed by atoms with Crippen molar-refractivity contribution in [1.29, 1.82) is 0 Å². The van der Waals surface area contributed by atoms with Crippen LogP contribution in [0.25, 0.3) is 74.8 Å². The number of benzene rings is 7. The van der Waals surface area contributed by atoms with Crippen LogP contribution in [-0.4, -0.2) is 8.80 Å². The third kappa shape index (κ3) is 3.11. The minimum atomic E-state index is 1.13. The SMILES string of the molecule is c1ccc(N(c2ccc3sc4ccccc4c3c2)c2ccc3c(c2)n2c4ccccc4c4ccc5c6ccccc6n3c5c42)cc1. The Hall–Kier alpha value is -5.84. The van der Waals surface area contributed by atoms with Crippen LogP contribution in [0, 0.1) is 0 Å². The summed E-state index contributed by atoms with van der Waals surface area (Å²) >= 11 is 1.86. The number of thiophene rings is 1. The molecule has 4 aromatic heterocycles. The maximum absolute atomic E-state index is 2.50. The van der Waals surface area contributed by atoms with Gasteiger partial charge in [-0.2, -0.15) is 0 Å². The van der Waals surface area contributed by atoms with Crippen molar-refractivity contribution in [1.82, 2.24) is 8.80 Å². The Morgan fingerprint density at radius 1 is 0.348 bits per heavy atom. The largest absolute Gasteiger partial charge is 0.310 e. The molecule has 0 unspecified atom stereocenters. The summed E-state index contributed by atoms with van der Waals surface area (Å²) in [7, 11) is 0. The summed E-state index contributed by atoms with van der Waals surface area (Å²) < 4.78 is 7.62. The first-order valence-electron chi connectivity index (χ1n) is 15.7. The van der Waals surface area contributed by atoms with Crippen molar-refractivity contribution in [2.24, 2.45) is 0 Å². The van der Waals surface area contributed by atoms with E-state index in [-0.39, 0.29) is 0 Å². The normalized spacial score (nSPS) is 12.3. The molecule has 0 spiro atoms. The van der Waals surface area contributed by atoms with E-state index in [1.54, 1.807) is 0 Å². The van der Waals surface area contributed by atoms with Gasteiger partial charge in [-0.05, 0) is 66.7 Å². The lowest BCUT2D eigenvalue weighted by molar-refractivity contribution is 1.24. The highest BCUT2D eigenvalue weighted by molar-refractivity contribution is 7.25. The van der Waals surface area contributed by atoms with E-state index in [2.05, 4.69) is 165 Å². The predicted octanol–water partition coefficient (Wildman–Crippen LogP) is 12.1. The fourth-order valence-corrected chi connectivity index (χ4v) is 8.98. The van der Waals surface area contributed by atoms with E-state index in [1.807, 2.05) is 11.3 Å². The first-order chi connectivity index (χ1) is 22.8. The van der Waals surface area contributed by atoms with E-state index in [0.29, 0.717) is 0 Å². The molecule has 46 heavy (non-hydrogen) atoms. The first-order valence-corrected chi connectivity index (χ1v) is 16.5. The molecule has 0 N–H and O–H groups in total. The third-order valence-electron chi connectivity index (χ3n) is 9.80. The molecule has 0 saturated carbocycles. The molecule has 0 amide bonds. The second kappa shape index (κ2) is 8.87. The lowest BCUT2D eigenvalue weighted by atomic mass is 10.1. The fourth-order valence-electron chi connectivity index (χ4n) is 7.90. The minimum Gasteiger partial charge on any atom is -0.310 e. The van der Waals surface area contributed by atoms with Crippen molar-refractivity contribution < 1.29 is 0 Å². The quantitative estimate of drug-likeness (QED) is 0.183. The number of anilines is 3.